The first-order valence-electron chi connectivity index (χ1n) is 6.18. The van der Waals surface area contributed by atoms with E-state index < -0.39 is 5.97 Å². The largest absolute Gasteiger partial charge is 0.477 e. The van der Waals surface area contributed by atoms with Crippen molar-refractivity contribution in [2.75, 3.05) is 5.32 Å². The van der Waals surface area contributed by atoms with Crippen molar-refractivity contribution in [3.8, 4) is 0 Å². The van der Waals surface area contributed by atoms with Gasteiger partial charge in [-0.3, -0.25) is 4.79 Å². The molecule has 0 fully saturated rings. The van der Waals surface area contributed by atoms with E-state index in [-0.39, 0.29) is 11.6 Å². The molecule has 0 aromatic carbocycles. The summed E-state index contributed by atoms with van der Waals surface area (Å²) in [6.45, 7) is 5.08. The number of carboxylic acid groups (broad SMARTS) is 1. The Morgan fingerprint density at radius 1 is 1.29 bits per heavy atom. The van der Waals surface area contributed by atoms with Gasteiger partial charge in [0.2, 0.25) is 0 Å². The van der Waals surface area contributed by atoms with Crippen molar-refractivity contribution >= 4 is 33.6 Å². The Labute approximate surface area is 129 Å². The predicted octanol–water partition coefficient (Wildman–Crippen LogP) is 3.05. The van der Waals surface area contributed by atoms with Gasteiger partial charge in [0.05, 0.1) is 11.3 Å². The van der Waals surface area contributed by atoms with Crippen LogP contribution in [0.25, 0.3) is 0 Å². The van der Waals surface area contributed by atoms with Gasteiger partial charge in [-0.1, -0.05) is 0 Å². The number of aryl methyl sites for hydroxylation is 2. The van der Waals surface area contributed by atoms with E-state index in [9.17, 15) is 9.59 Å². The monoisotopic (exact) mass is 351 g/mol. The minimum atomic E-state index is -1.09. The standard InChI is InChI=1S/C14H14BrN3O3/c1-6-11(8(3)17-12(6)14(20)21)13(19)18-10-5-4-9(15)7(2)16-10/h4-5,17H,1-3H3,(H,20,21)(H,16,18,19). The minimum Gasteiger partial charge on any atom is -0.477 e. The summed E-state index contributed by atoms with van der Waals surface area (Å²) < 4.78 is 0.850. The summed E-state index contributed by atoms with van der Waals surface area (Å²) in [4.78, 5) is 30.3. The Hall–Kier alpha value is -2.15. The van der Waals surface area contributed by atoms with Crippen LogP contribution in [0.1, 0.15) is 37.8 Å². The molecule has 0 saturated heterocycles. The summed E-state index contributed by atoms with van der Waals surface area (Å²) in [6, 6.07) is 3.46. The SMILES string of the molecule is Cc1nc(NC(=O)c2c(C)[nH]c(C(=O)O)c2C)ccc1Br. The summed E-state index contributed by atoms with van der Waals surface area (Å²) in [6.07, 6.45) is 0. The molecule has 0 unspecified atom stereocenters. The molecule has 21 heavy (non-hydrogen) atoms. The fraction of sp³-hybridized carbons (Fsp3) is 0.214. The number of amides is 1. The zero-order valence-corrected chi connectivity index (χ0v) is 13.3. The van der Waals surface area contributed by atoms with Gasteiger partial charge >= 0.3 is 5.97 Å². The van der Waals surface area contributed by atoms with Gasteiger partial charge in [0.1, 0.15) is 11.5 Å². The highest BCUT2D eigenvalue weighted by atomic mass is 79.9. The highest BCUT2D eigenvalue weighted by Crippen LogP contribution is 2.21. The van der Waals surface area contributed by atoms with Crippen LogP contribution in [0.2, 0.25) is 0 Å². The average Bonchev–Trinajstić information content (AvgIpc) is 2.69. The molecule has 0 aliphatic carbocycles. The Morgan fingerprint density at radius 3 is 2.48 bits per heavy atom. The summed E-state index contributed by atoms with van der Waals surface area (Å²) >= 11 is 3.34. The van der Waals surface area contributed by atoms with E-state index in [1.165, 1.54) is 0 Å². The highest BCUT2D eigenvalue weighted by molar-refractivity contribution is 9.10. The van der Waals surface area contributed by atoms with Crippen molar-refractivity contribution in [2.45, 2.75) is 20.8 Å². The fourth-order valence-electron chi connectivity index (χ4n) is 2.10. The number of halogens is 1. The van der Waals surface area contributed by atoms with Crippen LogP contribution in [0.5, 0.6) is 0 Å². The van der Waals surface area contributed by atoms with Crippen LogP contribution < -0.4 is 5.32 Å². The topological polar surface area (TPSA) is 95.1 Å². The number of anilines is 1. The Balaban J connectivity index is 2.32. The number of nitrogens with one attached hydrogen (secondary N) is 2. The number of aromatic nitrogens is 2. The molecule has 110 valence electrons. The molecule has 0 aliphatic heterocycles. The second-order valence-electron chi connectivity index (χ2n) is 4.65. The molecule has 0 radical (unpaired) electrons. The van der Waals surface area contributed by atoms with Gasteiger partial charge in [-0.25, -0.2) is 9.78 Å². The number of carboxylic acids is 1. The van der Waals surface area contributed by atoms with Crippen molar-refractivity contribution in [1.29, 1.82) is 0 Å². The molecular formula is C14H14BrN3O3. The summed E-state index contributed by atoms with van der Waals surface area (Å²) in [5.41, 5.74) is 2.02. The number of aromatic carboxylic acids is 1. The van der Waals surface area contributed by atoms with Crippen molar-refractivity contribution in [3.05, 3.63) is 44.8 Å². The quantitative estimate of drug-likeness (QED) is 0.791. The van der Waals surface area contributed by atoms with E-state index in [1.54, 1.807) is 26.0 Å². The fourth-order valence-corrected chi connectivity index (χ4v) is 2.32. The number of carbonyl (C=O) groups is 2. The van der Waals surface area contributed by atoms with Gasteiger partial charge in [-0.15, -0.1) is 0 Å². The average molecular weight is 352 g/mol. The highest BCUT2D eigenvalue weighted by Gasteiger charge is 2.21. The maximum absolute atomic E-state index is 12.3. The number of H-pyrrole nitrogens is 1. The number of hydrogen-bond donors (Lipinski definition) is 3. The molecule has 7 heteroatoms. The zero-order chi connectivity index (χ0) is 15.7. The first kappa shape index (κ1) is 15.2. The minimum absolute atomic E-state index is 0.0256. The first-order chi connectivity index (χ1) is 9.81. The lowest BCUT2D eigenvalue weighted by Gasteiger charge is -2.07. The lowest BCUT2D eigenvalue weighted by atomic mass is 10.1. The lowest BCUT2D eigenvalue weighted by Crippen LogP contribution is -2.15. The molecule has 2 heterocycles. The van der Waals surface area contributed by atoms with Gasteiger partial charge < -0.3 is 15.4 Å². The van der Waals surface area contributed by atoms with Gasteiger partial charge in [-0.2, -0.15) is 0 Å². The number of hydrogen-bond acceptors (Lipinski definition) is 3. The van der Waals surface area contributed by atoms with Crippen molar-refractivity contribution in [3.63, 3.8) is 0 Å². The van der Waals surface area contributed by atoms with Crippen LogP contribution in [0.3, 0.4) is 0 Å². The second-order valence-corrected chi connectivity index (χ2v) is 5.50. The second kappa shape index (κ2) is 5.69. The van der Waals surface area contributed by atoms with Crippen LogP contribution >= 0.6 is 15.9 Å². The van der Waals surface area contributed by atoms with Crippen LogP contribution in [0, 0.1) is 20.8 Å². The third-order valence-corrected chi connectivity index (χ3v) is 3.98. The molecule has 0 saturated carbocycles. The number of pyridine rings is 1. The van der Waals surface area contributed by atoms with Crippen molar-refractivity contribution in [1.82, 2.24) is 9.97 Å². The molecule has 2 aromatic heterocycles. The van der Waals surface area contributed by atoms with E-state index in [0.29, 0.717) is 22.6 Å². The van der Waals surface area contributed by atoms with Gasteiger partial charge in [0.25, 0.3) is 5.91 Å². The predicted molar refractivity (Wildman–Crippen MR) is 81.9 cm³/mol. The summed E-state index contributed by atoms with van der Waals surface area (Å²) in [7, 11) is 0. The number of nitrogens with zero attached hydrogens (tertiary/aromatic N) is 1. The molecular weight excluding hydrogens is 338 g/mol. The lowest BCUT2D eigenvalue weighted by molar-refractivity contribution is 0.0690. The molecule has 0 spiro atoms. The van der Waals surface area contributed by atoms with Crippen LogP contribution in [0.15, 0.2) is 16.6 Å². The van der Waals surface area contributed by atoms with E-state index in [1.807, 2.05) is 6.92 Å². The normalized spacial score (nSPS) is 10.5. The van der Waals surface area contributed by atoms with Crippen LogP contribution in [-0.2, 0) is 0 Å². The molecule has 0 aliphatic rings. The molecule has 3 N–H and O–H groups in total. The molecule has 1 amide bonds. The van der Waals surface area contributed by atoms with Gasteiger partial charge in [0, 0.05) is 10.2 Å². The molecule has 2 aromatic rings. The molecule has 6 nitrogen and oxygen atoms in total. The molecule has 0 atom stereocenters. The molecule has 2 rings (SSSR count). The third-order valence-electron chi connectivity index (χ3n) is 3.14. The molecule has 0 bridgehead atoms. The smallest absolute Gasteiger partial charge is 0.352 e. The van der Waals surface area contributed by atoms with Crippen molar-refractivity contribution < 1.29 is 14.7 Å². The summed E-state index contributed by atoms with van der Waals surface area (Å²) in [5.74, 6) is -1.06. The van der Waals surface area contributed by atoms with Crippen LogP contribution in [-0.4, -0.2) is 27.0 Å². The van der Waals surface area contributed by atoms with Crippen molar-refractivity contribution in [2.24, 2.45) is 0 Å². The van der Waals surface area contributed by atoms with Crippen LogP contribution in [0.4, 0.5) is 5.82 Å². The number of aromatic amines is 1. The van der Waals surface area contributed by atoms with E-state index in [4.69, 9.17) is 5.11 Å². The third kappa shape index (κ3) is 2.97. The van der Waals surface area contributed by atoms with Gasteiger partial charge in [0.15, 0.2) is 0 Å². The zero-order valence-electron chi connectivity index (χ0n) is 11.7. The Bertz CT molecular complexity index is 737. The Morgan fingerprint density at radius 2 is 1.95 bits per heavy atom. The summed E-state index contributed by atoms with van der Waals surface area (Å²) in [5, 5.41) is 11.7. The maximum Gasteiger partial charge on any atom is 0.352 e. The van der Waals surface area contributed by atoms with E-state index >= 15 is 0 Å². The number of carbonyl (C=O) groups excluding carboxylic acids is 1. The maximum atomic E-state index is 12.3. The Kier molecular flexibility index (Phi) is 4.13. The number of rotatable bonds is 3. The van der Waals surface area contributed by atoms with Gasteiger partial charge in [-0.05, 0) is 54.4 Å². The van der Waals surface area contributed by atoms with E-state index in [2.05, 4.69) is 31.2 Å². The van der Waals surface area contributed by atoms with E-state index in [0.717, 1.165) is 10.2 Å². The first-order valence-corrected chi connectivity index (χ1v) is 6.97.